The van der Waals surface area contributed by atoms with Gasteiger partial charge in [-0.25, -0.2) is 9.59 Å². The number of esters is 1. The summed E-state index contributed by atoms with van der Waals surface area (Å²) in [6.45, 7) is 2.64. The van der Waals surface area contributed by atoms with Gasteiger partial charge in [0, 0.05) is 17.5 Å². The van der Waals surface area contributed by atoms with Gasteiger partial charge in [-0.1, -0.05) is 11.6 Å². The van der Waals surface area contributed by atoms with Gasteiger partial charge in [-0.2, -0.15) is 0 Å². The highest BCUT2D eigenvalue weighted by Crippen LogP contribution is 2.35. The number of fused-ring (bicyclic) bond motifs is 1. The fourth-order valence-electron chi connectivity index (χ4n) is 3.06. The minimum absolute atomic E-state index is 0.0139. The van der Waals surface area contributed by atoms with Crippen LogP contribution in [0.15, 0.2) is 23.6 Å². The van der Waals surface area contributed by atoms with Crippen LogP contribution in [0.5, 0.6) is 5.75 Å². The second-order valence-electron chi connectivity index (χ2n) is 5.87. The van der Waals surface area contributed by atoms with Crippen LogP contribution in [-0.2, 0) is 11.2 Å². The summed E-state index contributed by atoms with van der Waals surface area (Å²) in [5.74, 6) is -0.278. The summed E-state index contributed by atoms with van der Waals surface area (Å²) < 4.78 is 9.94. The summed E-state index contributed by atoms with van der Waals surface area (Å²) in [5, 5.41) is 5.11. The minimum atomic E-state index is -0.559. The van der Waals surface area contributed by atoms with Gasteiger partial charge in [-0.3, -0.25) is 0 Å². The van der Waals surface area contributed by atoms with Crippen molar-refractivity contribution in [2.45, 2.75) is 19.4 Å². The number of halogens is 1. The Bertz CT molecular complexity index is 852. The number of nitrogens with one attached hydrogen (secondary N) is 1. The van der Waals surface area contributed by atoms with Crippen molar-refractivity contribution in [2.75, 3.05) is 26.1 Å². The molecule has 6 nitrogen and oxygen atoms in total. The van der Waals surface area contributed by atoms with E-state index in [0.717, 1.165) is 6.42 Å². The number of nitrogens with zero attached hydrogens (tertiary/aromatic N) is 1. The maximum Gasteiger partial charge on any atom is 0.341 e. The van der Waals surface area contributed by atoms with Crippen molar-refractivity contribution in [1.82, 2.24) is 4.90 Å². The fourth-order valence-corrected chi connectivity index (χ4v) is 4.24. The van der Waals surface area contributed by atoms with Crippen molar-refractivity contribution < 1.29 is 19.1 Å². The van der Waals surface area contributed by atoms with E-state index in [1.54, 1.807) is 16.2 Å². The quantitative estimate of drug-likeness (QED) is 0.786. The predicted octanol–water partition coefficient (Wildman–Crippen LogP) is 4.35. The lowest BCUT2D eigenvalue weighted by Crippen LogP contribution is -2.41. The summed E-state index contributed by atoms with van der Waals surface area (Å²) in [7, 11) is 2.72. The van der Waals surface area contributed by atoms with E-state index in [2.05, 4.69) is 16.8 Å². The monoisotopic (exact) mass is 394 g/mol. The Morgan fingerprint density at radius 1 is 1.35 bits per heavy atom. The normalized spacial score (nSPS) is 16.0. The van der Waals surface area contributed by atoms with Crippen LogP contribution in [0, 0.1) is 0 Å². The molecule has 0 radical (unpaired) electrons. The van der Waals surface area contributed by atoms with Crippen LogP contribution in [0.1, 0.15) is 33.8 Å². The first-order valence-corrected chi connectivity index (χ1v) is 9.31. The highest BCUT2D eigenvalue weighted by atomic mass is 35.5. The average Bonchev–Trinajstić information content (AvgIpc) is 3.12. The number of hydrogen-bond donors (Lipinski definition) is 1. The molecule has 1 aliphatic heterocycles. The maximum atomic E-state index is 12.8. The standard InChI is InChI=1S/C18H19ClN2O4S/c1-10-11-5-7-26-16(11)4-6-21(10)18(23)20-14-9-15(24-2)12(8-13(14)19)17(22)25-3/h5,7-10H,4,6H2,1-3H3,(H,20,23)/t10-/m1/s1. The van der Waals surface area contributed by atoms with Crippen LogP contribution in [-0.4, -0.2) is 37.7 Å². The second-order valence-corrected chi connectivity index (χ2v) is 7.28. The number of amides is 2. The SMILES string of the molecule is COC(=O)c1cc(Cl)c(NC(=O)N2CCc3sccc3[C@H]2C)cc1OC. The lowest BCUT2D eigenvalue weighted by Gasteiger charge is -2.33. The second kappa shape index (κ2) is 7.55. The summed E-state index contributed by atoms with van der Waals surface area (Å²) in [5.41, 5.74) is 1.76. The van der Waals surface area contributed by atoms with E-state index in [1.807, 2.05) is 6.92 Å². The highest BCUT2D eigenvalue weighted by molar-refractivity contribution is 7.10. The maximum absolute atomic E-state index is 12.8. The number of thiophene rings is 1. The molecule has 138 valence electrons. The van der Waals surface area contributed by atoms with Gasteiger partial charge in [0.1, 0.15) is 11.3 Å². The molecule has 0 saturated heterocycles. The van der Waals surface area contributed by atoms with E-state index in [-0.39, 0.29) is 28.4 Å². The topological polar surface area (TPSA) is 67.9 Å². The Morgan fingerprint density at radius 2 is 2.12 bits per heavy atom. The molecule has 0 fully saturated rings. The van der Waals surface area contributed by atoms with Crippen LogP contribution in [0.3, 0.4) is 0 Å². The zero-order valence-electron chi connectivity index (χ0n) is 14.7. The van der Waals surface area contributed by atoms with Crippen molar-refractivity contribution in [1.29, 1.82) is 0 Å². The first kappa shape index (κ1) is 18.5. The Morgan fingerprint density at radius 3 is 2.81 bits per heavy atom. The van der Waals surface area contributed by atoms with Gasteiger partial charge in [0.15, 0.2) is 0 Å². The van der Waals surface area contributed by atoms with E-state index < -0.39 is 5.97 Å². The number of carbonyl (C=O) groups excluding carboxylic acids is 2. The first-order valence-electron chi connectivity index (χ1n) is 8.06. The smallest absolute Gasteiger partial charge is 0.341 e. The van der Waals surface area contributed by atoms with Gasteiger partial charge < -0.3 is 19.7 Å². The number of urea groups is 1. The third-order valence-electron chi connectivity index (χ3n) is 4.47. The molecule has 0 unspecified atom stereocenters. The molecule has 26 heavy (non-hydrogen) atoms. The molecular formula is C18H19ClN2O4S. The first-order chi connectivity index (χ1) is 12.5. The average molecular weight is 395 g/mol. The summed E-state index contributed by atoms with van der Waals surface area (Å²) in [6, 6.07) is 4.75. The van der Waals surface area contributed by atoms with Crippen LogP contribution in [0.25, 0.3) is 0 Å². The van der Waals surface area contributed by atoms with Crippen molar-refractivity contribution in [2.24, 2.45) is 0 Å². The molecular weight excluding hydrogens is 376 g/mol. The molecule has 2 aromatic rings. The van der Waals surface area contributed by atoms with E-state index in [4.69, 9.17) is 21.1 Å². The highest BCUT2D eigenvalue weighted by Gasteiger charge is 2.29. The molecule has 1 N–H and O–H groups in total. The summed E-state index contributed by atoms with van der Waals surface area (Å²) >= 11 is 7.97. The number of methoxy groups -OCH3 is 2. The van der Waals surface area contributed by atoms with Gasteiger partial charge in [-0.05, 0) is 36.4 Å². The third-order valence-corrected chi connectivity index (χ3v) is 5.78. The Balaban J connectivity index is 1.83. The molecule has 1 aromatic carbocycles. The van der Waals surface area contributed by atoms with Crippen LogP contribution in [0.4, 0.5) is 10.5 Å². The fraction of sp³-hybridized carbons (Fsp3) is 0.333. The van der Waals surface area contributed by atoms with Gasteiger partial charge in [0.25, 0.3) is 0 Å². The number of benzene rings is 1. The Kier molecular flexibility index (Phi) is 5.38. The van der Waals surface area contributed by atoms with Gasteiger partial charge >= 0.3 is 12.0 Å². The number of rotatable bonds is 3. The Labute approximate surface area is 160 Å². The van der Waals surface area contributed by atoms with E-state index in [0.29, 0.717) is 12.2 Å². The molecule has 0 saturated carbocycles. The number of hydrogen-bond acceptors (Lipinski definition) is 5. The summed E-state index contributed by atoms with van der Waals surface area (Å²) in [6.07, 6.45) is 0.836. The molecule has 8 heteroatoms. The van der Waals surface area contributed by atoms with Crippen LogP contribution >= 0.6 is 22.9 Å². The van der Waals surface area contributed by atoms with E-state index >= 15 is 0 Å². The van der Waals surface area contributed by atoms with Gasteiger partial charge in [0.05, 0.1) is 31.0 Å². The van der Waals surface area contributed by atoms with Crippen molar-refractivity contribution in [3.63, 3.8) is 0 Å². The van der Waals surface area contributed by atoms with Gasteiger partial charge in [-0.15, -0.1) is 11.3 Å². The molecule has 1 aliphatic rings. The largest absolute Gasteiger partial charge is 0.496 e. The molecule has 3 rings (SSSR count). The molecule has 2 heterocycles. The molecule has 0 spiro atoms. The summed E-state index contributed by atoms with van der Waals surface area (Å²) in [4.78, 5) is 27.7. The van der Waals surface area contributed by atoms with E-state index in [9.17, 15) is 9.59 Å². The Hall–Kier alpha value is -2.25. The van der Waals surface area contributed by atoms with Crippen molar-refractivity contribution in [3.05, 3.63) is 44.6 Å². The molecule has 2 amide bonds. The lowest BCUT2D eigenvalue weighted by molar-refractivity contribution is 0.0597. The van der Waals surface area contributed by atoms with E-state index in [1.165, 1.54) is 36.8 Å². The molecule has 0 bridgehead atoms. The molecule has 0 aliphatic carbocycles. The third kappa shape index (κ3) is 3.37. The lowest BCUT2D eigenvalue weighted by atomic mass is 10.0. The van der Waals surface area contributed by atoms with Crippen molar-refractivity contribution in [3.8, 4) is 5.75 Å². The van der Waals surface area contributed by atoms with Gasteiger partial charge in [0.2, 0.25) is 0 Å². The van der Waals surface area contributed by atoms with Crippen molar-refractivity contribution >= 4 is 40.6 Å². The number of carbonyl (C=O) groups is 2. The minimum Gasteiger partial charge on any atom is -0.496 e. The van der Waals surface area contributed by atoms with Crippen LogP contribution < -0.4 is 10.1 Å². The zero-order chi connectivity index (χ0) is 18.8. The zero-order valence-corrected chi connectivity index (χ0v) is 16.2. The number of anilines is 1. The predicted molar refractivity (Wildman–Crippen MR) is 102 cm³/mol. The molecule has 1 aromatic heterocycles. The number of ether oxygens (including phenoxy) is 2. The molecule has 1 atom stereocenters. The van der Waals surface area contributed by atoms with Crippen LogP contribution in [0.2, 0.25) is 5.02 Å².